The van der Waals surface area contributed by atoms with Crippen LogP contribution in [0.25, 0.3) is 105 Å². The van der Waals surface area contributed by atoms with Crippen molar-refractivity contribution < 1.29 is 4.42 Å². The third-order valence-corrected chi connectivity index (χ3v) is 10.4. The highest BCUT2D eigenvalue weighted by Crippen LogP contribution is 2.40. The first kappa shape index (κ1) is 28.8. The van der Waals surface area contributed by atoms with E-state index in [0.29, 0.717) is 5.95 Å². The summed E-state index contributed by atoms with van der Waals surface area (Å²) in [6.45, 7) is 0. The Morgan fingerprint density at radius 3 is 1.83 bits per heavy atom. The second-order valence-electron chi connectivity index (χ2n) is 13.4. The first-order valence-corrected chi connectivity index (χ1v) is 17.6. The van der Waals surface area contributed by atoms with Gasteiger partial charge in [-0.25, -0.2) is 9.97 Å². The zero-order chi connectivity index (χ0) is 34.2. The van der Waals surface area contributed by atoms with E-state index < -0.39 is 0 Å². The number of fused-ring (bicyclic) bond motifs is 9. The fraction of sp³-hybridized carbons (Fsp3) is 0. The van der Waals surface area contributed by atoms with Crippen LogP contribution in [-0.2, 0) is 0 Å². The van der Waals surface area contributed by atoms with Crippen molar-refractivity contribution in [3.05, 3.63) is 176 Å². The van der Waals surface area contributed by atoms with Crippen LogP contribution in [-0.4, -0.2) is 14.5 Å². The van der Waals surface area contributed by atoms with Gasteiger partial charge in [-0.3, -0.25) is 4.57 Å². The number of para-hydroxylation sites is 2. The minimum absolute atomic E-state index is 0.660. The number of benzene rings is 8. The third-order valence-electron chi connectivity index (χ3n) is 10.4. The maximum Gasteiger partial charge on any atom is 0.235 e. The number of furan rings is 1. The lowest BCUT2D eigenvalue weighted by Crippen LogP contribution is -2.03. The third kappa shape index (κ3) is 4.41. The van der Waals surface area contributed by atoms with Gasteiger partial charge in [0, 0.05) is 32.5 Å². The van der Waals surface area contributed by atoms with E-state index in [2.05, 4.69) is 156 Å². The molecule has 0 unspecified atom stereocenters. The smallest absolute Gasteiger partial charge is 0.235 e. The molecule has 4 nitrogen and oxygen atoms in total. The molecule has 0 amide bonds. The van der Waals surface area contributed by atoms with Crippen molar-refractivity contribution in [1.29, 1.82) is 0 Å². The molecule has 242 valence electrons. The Bertz CT molecular complexity index is 3170. The molecule has 0 aliphatic carbocycles. The molecule has 11 rings (SSSR count). The van der Waals surface area contributed by atoms with Gasteiger partial charge in [-0.05, 0) is 75.5 Å². The summed E-state index contributed by atoms with van der Waals surface area (Å²) in [7, 11) is 0. The summed E-state index contributed by atoms with van der Waals surface area (Å²) in [6, 6.07) is 62.1. The van der Waals surface area contributed by atoms with Crippen molar-refractivity contribution in [2.24, 2.45) is 0 Å². The zero-order valence-corrected chi connectivity index (χ0v) is 28.0. The second kappa shape index (κ2) is 11.2. The maximum atomic E-state index is 6.08. The van der Waals surface area contributed by atoms with E-state index in [-0.39, 0.29) is 0 Å². The molecule has 8 aromatic carbocycles. The van der Waals surface area contributed by atoms with E-state index in [0.717, 1.165) is 66.3 Å². The van der Waals surface area contributed by atoms with E-state index in [4.69, 9.17) is 14.4 Å². The normalized spacial score (nSPS) is 11.8. The van der Waals surface area contributed by atoms with E-state index in [1.54, 1.807) is 0 Å². The van der Waals surface area contributed by atoms with Crippen LogP contribution >= 0.6 is 0 Å². The second-order valence-corrected chi connectivity index (χ2v) is 13.4. The Morgan fingerprint density at radius 2 is 1.00 bits per heavy atom. The lowest BCUT2D eigenvalue weighted by atomic mass is 9.97. The first-order chi connectivity index (χ1) is 25.8. The van der Waals surface area contributed by atoms with Crippen LogP contribution in [0, 0.1) is 0 Å². The van der Waals surface area contributed by atoms with Crippen LogP contribution in [0.15, 0.2) is 180 Å². The zero-order valence-electron chi connectivity index (χ0n) is 28.0. The Kier molecular flexibility index (Phi) is 6.22. The maximum absolute atomic E-state index is 6.08. The Morgan fingerprint density at radius 1 is 0.385 bits per heavy atom. The molecule has 11 aromatic rings. The largest absolute Gasteiger partial charge is 0.456 e. The van der Waals surface area contributed by atoms with Gasteiger partial charge < -0.3 is 4.42 Å². The molecule has 0 radical (unpaired) electrons. The van der Waals surface area contributed by atoms with Gasteiger partial charge in [0.1, 0.15) is 11.2 Å². The number of hydrogen-bond donors (Lipinski definition) is 0. The molecular formula is C48H29N3O. The summed E-state index contributed by atoms with van der Waals surface area (Å²) in [4.78, 5) is 10.5. The summed E-state index contributed by atoms with van der Waals surface area (Å²) in [6.07, 6.45) is 0. The highest BCUT2D eigenvalue weighted by molar-refractivity contribution is 6.22. The summed E-state index contributed by atoms with van der Waals surface area (Å²) < 4.78 is 8.31. The standard InChI is InChI=1S/C48H29N3O/c1-2-11-33(12-3-1)47-38-15-6-8-16-41(38)49-48(50-47)51-42-25-23-34(29-40(42)46-36-13-5-4-10-32(36)22-26-43(46)51)30-18-20-31(21-19-30)35-24-27-45-39(28-35)37-14-7-9-17-44(37)52-45/h1-29H. The molecule has 0 bridgehead atoms. The summed E-state index contributed by atoms with van der Waals surface area (Å²) in [5.74, 6) is 0.660. The molecule has 0 aliphatic rings. The minimum Gasteiger partial charge on any atom is -0.456 e. The van der Waals surface area contributed by atoms with Gasteiger partial charge in [0.15, 0.2) is 0 Å². The number of nitrogens with zero attached hydrogens (tertiary/aromatic N) is 3. The molecule has 0 fully saturated rings. The summed E-state index contributed by atoms with van der Waals surface area (Å²) in [5.41, 5.74) is 11.5. The summed E-state index contributed by atoms with van der Waals surface area (Å²) >= 11 is 0. The fourth-order valence-electron chi connectivity index (χ4n) is 7.93. The van der Waals surface area contributed by atoms with Crippen molar-refractivity contribution in [3.8, 4) is 39.5 Å². The van der Waals surface area contributed by atoms with Crippen molar-refractivity contribution in [2.45, 2.75) is 0 Å². The van der Waals surface area contributed by atoms with Gasteiger partial charge >= 0.3 is 0 Å². The molecule has 0 aliphatic heterocycles. The minimum atomic E-state index is 0.660. The van der Waals surface area contributed by atoms with Gasteiger partial charge in [0.25, 0.3) is 0 Å². The lowest BCUT2D eigenvalue weighted by Gasteiger charge is -2.12. The van der Waals surface area contributed by atoms with Crippen LogP contribution in [0.2, 0.25) is 0 Å². The van der Waals surface area contributed by atoms with E-state index in [1.165, 1.54) is 32.7 Å². The van der Waals surface area contributed by atoms with Crippen molar-refractivity contribution >= 4 is 65.4 Å². The monoisotopic (exact) mass is 663 g/mol. The predicted molar refractivity (Wildman–Crippen MR) is 215 cm³/mol. The highest BCUT2D eigenvalue weighted by atomic mass is 16.3. The van der Waals surface area contributed by atoms with Crippen LogP contribution in [0.1, 0.15) is 0 Å². The van der Waals surface area contributed by atoms with Crippen LogP contribution in [0.5, 0.6) is 0 Å². The van der Waals surface area contributed by atoms with E-state index in [9.17, 15) is 0 Å². The molecule has 52 heavy (non-hydrogen) atoms. The van der Waals surface area contributed by atoms with Crippen molar-refractivity contribution in [3.63, 3.8) is 0 Å². The lowest BCUT2D eigenvalue weighted by molar-refractivity contribution is 0.669. The first-order valence-electron chi connectivity index (χ1n) is 17.6. The fourth-order valence-corrected chi connectivity index (χ4v) is 7.93. The van der Waals surface area contributed by atoms with Gasteiger partial charge in [-0.15, -0.1) is 0 Å². The average Bonchev–Trinajstić information content (AvgIpc) is 3.76. The SMILES string of the molecule is c1ccc(-c2nc(-n3c4ccc(-c5ccc(-c6ccc7oc8ccccc8c7c6)cc5)cc4c4c5ccccc5ccc43)nc3ccccc23)cc1. The molecule has 3 heterocycles. The Balaban J connectivity index is 1.09. The predicted octanol–water partition coefficient (Wildman–Crippen LogP) is 12.8. The topological polar surface area (TPSA) is 43.9 Å². The average molecular weight is 664 g/mol. The van der Waals surface area contributed by atoms with Crippen LogP contribution in [0.4, 0.5) is 0 Å². The molecule has 0 spiro atoms. The summed E-state index contributed by atoms with van der Waals surface area (Å²) in [5, 5.41) is 8.10. The Labute approximate surface area is 298 Å². The molecule has 0 atom stereocenters. The van der Waals surface area contributed by atoms with Crippen LogP contribution < -0.4 is 0 Å². The number of aromatic nitrogens is 3. The molecule has 0 saturated heterocycles. The quantitative estimate of drug-likeness (QED) is 0.188. The number of hydrogen-bond acceptors (Lipinski definition) is 3. The molecule has 3 aromatic heterocycles. The van der Waals surface area contributed by atoms with Crippen molar-refractivity contribution in [2.75, 3.05) is 0 Å². The number of rotatable bonds is 4. The van der Waals surface area contributed by atoms with Crippen molar-refractivity contribution in [1.82, 2.24) is 14.5 Å². The molecule has 0 N–H and O–H groups in total. The molecular weight excluding hydrogens is 635 g/mol. The highest BCUT2D eigenvalue weighted by Gasteiger charge is 2.19. The van der Waals surface area contributed by atoms with Crippen LogP contribution in [0.3, 0.4) is 0 Å². The van der Waals surface area contributed by atoms with Gasteiger partial charge in [0.05, 0.1) is 22.2 Å². The molecule has 4 heteroatoms. The van der Waals surface area contributed by atoms with Gasteiger partial charge in [0.2, 0.25) is 5.95 Å². The van der Waals surface area contributed by atoms with Gasteiger partial charge in [-0.2, -0.15) is 0 Å². The van der Waals surface area contributed by atoms with E-state index >= 15 is 0 Å². The van der Waals surface area contributed by atoms with Gasteiger partial charge in [-0.1, -0.05) is 133 Å². The Hall–Kier alpha value is -7.04. The van der Waals surface area contributed by atoms with E-state index in [1.807, 2.05) is 24.3 Å². The molecule has 0 saturated carbocycles.